The van der Waals surface area contributed by atoms with Gasteiger partial charge in [0.15, 0.2) is 4.80 Å². The van der Waals surface area contributed by atoms with Crippen LogP contribution in [0.25, 0.3) is 10.2 Å². The van der Waals surface area contributed by atoms with Crippen LogP contribution in [-0.4, -0.2) is 36.6 Å². The first kappa shape index (κ1) is 19.5. The van der Waals surface area contributed by atoms with Gasteiger partial charge in [0.05, 0.1) is 30.0 Å². The molecule has 8 heteroatoms. The first-order valence-corrected chi connectivity index (χ1v) is 9.19. The second kappa shape index (κ2) is 8.18. The third-order valence-corrected chi connectivity index (χ3v) is 5.23. The molecular weight excluding hydrogens is 380 g/mol. The average molecular weight is 398 g/mol. The lowest BCUT2D eigenvalue weighted by Crippen LogP contribution is -2.22. The van der Waals surface area contributed by atoms with Crippen molar-refractivity contribution in [3.63, 3.8) is 0 Å². The summed E-state index contributed by atoms with van der Waals surface area (Å²) >= 11 is 1.21. The molecule has 3 rings (SSSR count). The first-order valence-electron chi connectivity index (χ1n) is 8.37. The minimum atomic E-state index is -0.471. The van der Waals surface area contributed by atoms with Gasteiger partial charge in [-0.15, -0.1) is 0 Å². The number of carbonyl (C=O) groups excluding carboxylic acids is 3. The second-order valence-electron chi connectivity index (χ2n) is 5.95. The SMILES string of the molecule is COC(=O)Cn1c(=NC(=O)c2ccccc2C)sc2cc(C(=O)OC)ccc21. The van der Waals surface area contributed by atoms with Crippen molar-refractivity contribution in [3.8, 4) is 0 Å². The molecule has 0 saturated carbocycles. The molecular formula is C20H18N2O5S. The molecule has 0 bridgehead atoms. The van der Waals surface area contributed by atoms with Crippen molar-refractivity contribution in [2.45, 2.75) is 13.5 Å². The number of carbonyl (C=O) groups is 3. The molecule has 1 aromatic heterocycles. The molecule has 28 heavy (non-hydrogen) atoms. The van der Waals surface area contributed by atoms with Crippen LogP contribution in [0.15, 0.2) is 47.5 Å². The van der Waals surface area contributed by atoms with Gasteiger partial charge in [0.25, 0.3) is 5.91 Å². The molecule has 0 N–H and O–H groups in total. The van der Waals surface area contributed by atoms with Crippen molar-refractivity contribution in [1.82, 2.24) is 4.57 Å². The Balaban J connectivity index is 2.17. The van der Waals surface area contributed by atoms with Crippen LogP contribution in [0.4, 0.5) is 0 Å². The van der Waals surface area contributed by atoms with Crippen molar-refractivity contribution in [1.29, 1.82) is 0 Å². The number of esters is 2. The minimum Gasteiger partial charge on any atom is -0.468 e. The molecule has 2 aromatic carbocycles. The highest BCUT2D eigenvalue weighted by atomic mass is 32.1. The maximum absolute atomic E-state index is 12.7. The van der Waals surface area contributed by atoms with Crippen molar-refractivity contribution < 1.29 is 23.9 Å². The fraction of sp³-hybridized carbons (Fsp3) is 0.200. The number of ether oxygens (including phenoxy) is 2. The standard InChI is InChI=1S/C20H18N2O5S/c1-12-6-4-5-7-14(12)18(24)21-20-22(11-17(23)26-2)15-9-8-13(19(25)27-3)10-16(15)28-20/h4-10H,11H2,1-3H3. The van der Waals surface area contributed by atoms with Gasteiger partial charge >= 0.3 is 11.9 Å². The van der Waals surface area contributed by atoms with E-state index in [4.69, 9.17) is 9.47 Å². The maximum atomic E-state index is 12.7. The second-order valence-corrected chi connectivity index (χ2v) is 6.96. The summed E-state index contributed by atoms with van der Waals surface area (Å²) in [6, 6.07) is 12.1. The molecule has 0 fully saturated rings. The molecule has 0 aliphatic carbocycles. The summed E-state index contributed by atoms with van der Waals surface area (Å²) in [7, 11) is 2.60. The Kier molecular flexibility index (Phi) is 5.70. The van der Waals surface area contributed by atoms with Crippen LogP contribution in [0, 0.1) is 6.92 Å². The van der Waals surface area contributed by atoms with Crippen molar-refractivity contribution in [2.75, 3.05) is 14.2 Å². The summed E-state index contributed by atoms with van der Waals surface area (Å²) in [6.07, 6.45) is 0. The van der Waals surface area contributed by atoms with E-state index in [1.807, 2.05) is 19.1 Å². The monoisotopic (exact) mass is 398 g/mol. The number of hydrogen-bond acceptors (Lipinski definition) is 6. The van der Waals surface area contributed by atoms with Gasteiger partial charge in [0, 0.05) is 5.56 Å². The van der Waals surface area contributed by atoms with Crippen LogP contribution in [0.2, 0.25) is 0 Å². The molecule has 0 spiro atoms. The van der Waals surface area contributed by atoms with Gasteiger partial charge in [-0.1, -0.05) is 29.5 Å². The van der Waals surface area contributed by atoms with E-state index in [9.17, 15) is 14.4 Å². The Morgan fingerprint density at radius 3 is 2.50 bits per heavy atom. The number of hydrogen-bond donors (Lipinski definition) is 0. The lowest BCUT2D eigenvalue weighted by molar-refractivity contribution is -0.141. The molecule has 3 aromatic rings. The summed E-state index contributed by atoms with van der Waals surface area (Å²) in [4.78, 5) is 40.9. The third-order valence-electron chi connectivity index (χ3n) is 4.19. The van der Waals surface area contributed by atoms with Crippen LogP contribution >= 0.6 is 11.3 Å². The number of amides is 1. The van der Waals surface area contributed by atoms with E-state index in [1.165, 1.54) is 25.6 Å². The summed E-state index contributed by atoms with van der Waals surface area (Å²) < 4.78 is 11.8. The van der Waals surface area contributed by atoms with E-state index >= 15 is 0 Å². The van der Waals surface area contributed by atoms with Crippen molar-refractivity contribution in [2.24, 2.45) is 4.99 Å². The predicted molar refractivity (Wildman–Crippen MR) is 104 cm³/mol. The number of nitrogens with zero attached hydrogens (tertiary/aromatic N) is 2. The molecule has 7 nitrogen and oxygen atoms in total. The zero-order chi connectivity index (χ0) is 20.3. The lowest BCUT2D eigenvalue weighted by Gasteiger charge is -2.05. The van der Waals surface area contributed by atoms with E-state index in [1.54, 1.807) is 34.9 Å². The Hall–Kier alpha value is -3.26. The Morgan fingerprint density at radius 1 is 1.07 bits per heavy atom. The van der Waals surface area contributed by atoms with Gasteiger partial charge in [0.1, 0.15) is 6.54 Å². The summed E-state index contributed by atoms with van der Waals surface area (Å²) in [5.41, 5.74) is 2.34. The summed E-state index contributed by atoms with van der Waals surface area (Å²) in [5.74, 6) is -1.35. The molecule has 0 aliphatic heterocycles. The van der Waals surface area contributed by atoms with E-state index < -0.39 is 17.8 Å². The molecule has 0 radical (unpaired) electrons. The molecule has 0 atom stereocenters. The van der Waals surface area contributed by atoms with Gasteiger partial charge in [-0.2, -0.15) is 4.99 Å². The summed E-state index contributed by atoms with van der Waals surface area (Å²) in [5, 5.41) is 0. The van der Waals surface area contributed by atoms with Gasteiger partial charge in [-0.3, -0.25) is 9.59 Å². The molecule has 144 valence electrons. The van der Waals surface area contributed by atoms with Crippen LogP contribution < -0.4 is 4.80 Å². The Labute approximate surface area is 164 Å². The number of thiazole rings is 1. The largest absolute Gasteiger partial charge is 0.468 e. The minimum absolute atomic E-state index is 0.103. The number of rotatable bonds is 4. The predicted octanol–water partition coefficient (Wildman–Crippen LogP) is 2.71. The maximum Gasteiger partial charge on any atom is 0.337 e. The number of aromatic nitrogens is 1. The van der Waals surface area contributed by atoms with Gasteiger partial charge < -0.3 is 14.0 Å². The highest BCUT2D eigenvalue weighted by Gasteiger charge is 2.15. The molecule has 1 heterocycles. The molecule has 0 unspecified atom stereocenters. The van der Waals surface area contributed by atoms with E-state index in [-0.39, 0.29) is 6.54 Å². The van der Waals surface area contributed by atoms with Gasteiger partial charge in [0.2, 0.25) is 0 Å². The molecule has 1 amide bonds. The Morgan fingerprint density at radius 2 is 1.82 bits per heavy atom. The summed E-state index contributed by atoms with van der Waals surface area (Å²) in [6.45, 7) is 1.73. The van der Waals surface area contributed by atoms with Crippen molar-refractivity contribution >= 4 is 39.4 Å². The van der Waals surface area contributed by atoms with Crippen LogP contribution in [0.3, 0.4) is 0 Å². The van der Waals surface area contributed by atoms with E-state index in [0.717, 1.165) is 5.56 Å². The van der Waals surface area contributed by atoms with Gasteiger partial charge in [-0.25, -0.2) is 4.79 Å². The quantitative estimate of drug-likeness (QED) is 0.631. The van der Waals surface area contributed by atoms with Crippen molar-refractivity contribution in [3.05, 3.63) is 64.0 Å². The molecule has 0 saturated heterocycles. The van der Waals surface area contributed by atoms with Gasteiger partial charge in [-0.05, 0) is 36.8 Å². The first-order chi connectivity index (χ1) is 13.4. The van der Waals surface area contributed by atoms with Crippen LogP contribution in [0.1, 0.15) is 26.3 Å². The highest BCUT2D eigenvalue weighted by Crippen LogP contribution is 2.20. The van der Waals surface area contributed by atoms with Crippen LogP contribution in [0.5, 0.6) is 0 Å². The number of aryl methyl sites for hydroxylation is 1. The van der Waals surface area contributed by atoms with Crippen LogP contribution in [-0.2, 0) is 20.8 Å². The zero-order valence-corrected chi connectivity index (χ0v) is 16.4. The fourth-order valence-electron chi connectivity index (χ4n) is 2.71. The fourth-order valence-corrected chi connectivity index (χ4v) is 3.78. The number of fused-ring (bicyclic) bond motifs is 1. The smallest absolute Gasteiger partial charge is 0.337 e. The Bertz CT molecular complexity index is 1140. The zero-order valence-electron chi connectivity index (χ0n) is 15.6. The number of benzene rings is 2. The van der Waals surface area contributed by atoms with E-state index in [2.05, 4.69) is 4.99 Å². The third kappa shape index (κ3) is 3.86. The average Bonchev–Trinajstić information content (AvgIpc) is 3.03. The number of methoxy groups -OCH3 is 2. The molecule has 0 aliphatic rings. The highest BCUT2D eigenvalue weighted by molar-refractivity contribution is 7.16. The normalized spacial score (nSPS) is 11.5. The topological polar surface area (TPSA) is 87.0 Å². The van der Waals surface area contributed by atoms with E-state index in [0.29, 0.717) is 26.1 Å². The lowest BCUT2D eigenvalue weighted by atomic mass is 10.1.